The Labute approximate surface area is 141 Å². The van der Waals surface area contributed by atoms with Crippen LogP contribution < -0.4 is 16.8 Å². The molecule has 124 valence electrons. The molecular formula is C15H16N6O2S. The number of benzene rings is 1. The van der Waals surface area contributed by atoms with Crippen LogP contribution in [-0.2, 0) is 4.79 Å². The molecule has 2 aromatic heterocycles. The Kier molecular flexibility index (Phi) is 4.82. The van der Waals surface area contributed by atoms with Gasteiger partial charge in [0.25, 0.3) is 0 Å². The molecule has 1 unspecified atom stereocenters. The van der Waals surface area contributed by atoms with E-state index in [0.717, 1.165) is 5.56 Å². The minimum absolute atomic E-state index is 0.154. The van der Waals surface area contributed by atoms with Gasteiger partial charge in [0.05, 0.1) is 5.92 Å². The van der Waals surface area contributed by atoms with Gasteiger partial charge in [-0.25, -0.2) is 9.61 Å². The van der Waals surface area contributed by atoms with E-state index in [-0.39, 0.29) is 17.6 Å². The topological polar surface area (TPSA) is 133 Å². The van der Waals surface area contributed by atoms with Crippen LogP contribution in [-0.4, -0.2) is 27.7 Å². The van der Waals surface area contributed by atoms with E-state index in [2.05, 4.69) is 25.2 Å². The third kappa shape index (κ3) is 3.42. The molecule has 0 spiro atoms. The number of rotatable bonds is 6. The number of carbonyl (C=O) groups is 1. The lowest BCUT2D eigenvalue weighted by molar-refractivity contribution is -0.117. The summed E-state index contributed by atoms with van der Waals surface area (Å²) in [7, 11) is 0. The number of thiazole rings is 1. The van der Waals surface area contributed by atoms with Crippen molar-refractivity contribution in [2.24, 2.45) is 5.73 Å². The largest absolute Gasteiger partial charge is 0.379 e. The molecule has 1 atom stereocenters. The van der Waals surface area contributed by atoms with E-state index in [1.54, 1.807) is 5.38 Å². The second-order valence-corrected chi connectivity index (χ2v) is 5.92. The summed E-state index contributed by atoms with van der Waals surface area (Å²) in [5, 5.41) is 12.2. The lowest BCUT2D eigenvalue weighted by Gasteiger charge is -2.15. The molecule has 9 heteroatoms. The van der Waals surface area contributed by atoms with Crippen molar-refractivity contribution < 1.29 is 9.42 Å². The van der Waals surface area contributed by atoms with Gasteiger partial charge in [-0.1, -0.05) is 30.3 Å². The van der Waals surface area contributed by atoms with Crippen molar-refractivity contribution >= 4 is 28.2 Å². The molecular weight excluding hydrogens is 328 g/mol. The molecule has 1 aromatic carbocycles. The van der Waals surface area contributed by atoms with E-state index in [9.17, 15) is 4.79 Å². The van der Waals surface area contributed by atoms with Gasteiger partial charge in [0.1, 0.15) is 5.69 Å². The van der Waals surface area contributed by atoms with Gasteiger partial charge in [0.15, 0.2) is 16.6 Å². The van der Waals surface area contributed by atoms with Crippen LogP contribution in [0.2, 0.25) is 0 Å². The molecule has 0 fully saturated rings. The highest BCUT2D eigenvalue weighted by Gasteiger charge is 2.21. The highest BCUT2D eigenvalue weighted by Crippen LogP contribution is 2.28. The third-order valence-corrected chi connectivity index (χ3v) is 4.22. The second-order valence-electron chi connectivity index (χ2n) is 5.07. The zero-order valence-corrected chi connectivity index (χ0v) is 13.5. The molecule has 1 amide bonds. The Balaban J connectivity index is 1.76. The molecule has 0 saturated heterocycles. The lowest BCUT2D eigenvalue weighted by atomic mass is 9.95. The smallest absolute Gasteiger partial charge is 0.233 e. The first kappa shape index (κ1) is 16.1. The Hall–Kier alpha value is -2.78. The quantitative estimate of drug-likeness (QED) is 0.621. The molecule has 3 aromatic rings. The van der Waals surface area contributed by atoms with Crippen LogP contribution >= 0.6 is 11.3 Å². The number of amides is 1. The first-order chi connectivity index (χ1) is 11.7. The Morgan fingerprint density at radius 2 is 2.08 bits per heavy atom. The zero-order valence-electron chi connectivity index (χ0n) is 12.7. The van der Waals surface area contributed by atoms with E-state index >= 15 is 0 Å². The van der Waals surface area contributed by atoms with Crippen LogP contribution in [0.3, 0.4) is 0 Å². The summed E-state index contributed by atoms with van der Waals surface area (Å²) in [6, 6.07) is 9.52. The predicted octanol–water partition coefficient (Wildman–Crippen LogP) is 1.85. The third-order valence-electron chi connectivity index (χ3n) is 3.46. The SMILES string of the molecule is NCCC(C(=O)Nc1nc(-c2nonc2N)cs1)c1ccccc1. The minimum Gasteiger partial charge on any atom is -0.379 e. The van der Waals surface area contributed by atoms with Gasteiger partial charge in [-0.2, -0.15) is 0 Å². The monoisotopic (exact) mass is 344 g/mol. The van der Waals surface area contributed by atoms with Crippen LogP contribution in [0.5, 0.6) is 0 Å². The normalized spacial score (nSPS) is 12.0. The van der Waals surface area contributed by atoms with Gasteiger partial charge < -0.3 is 16.8 Å². The van der Waals surface area contributed by atoms with E-state index in [4.69, 9.17) is 11.5 Å². The van der Waals surface area contributed by atoms with E-state index in [1.165, 1.54) is 11.3 Å². The number of hydrogen-bond donors (Lipinski definition) is 3. The highest BCUT2D eigenvalue weighted by molar-refractivity contribution is 7.14. The summed E-state index contributed by atoms with van der Waals surface area (Å²) in [4.78, 5) is 16.9. The van der Waals surface area contributed by atoms with Crippen molar-refractivity contribution in [3.63, 3.8) is 0 Å². The molecule has 0 saturated carbocycles. The first-order valence-corrected chi connectivity index (χ1v) is 8.17. The summed E-state index contributed by atoms with van der Waals surface area (Å²) < 4.78 is 4.56. The number of nitrogens with one attached hydrogen (secondary N) is 1. The maximum Gasteiger partial charge on any atom is 0.233 e. The molecule has 2 heterocycles. The van der Waals surface area contributed by atoms with Gasteiger partial charge in [-0.15, -0.1) is 11.3 Å². The molecule has 0 aliphatic carbocycles. The van der Waals surface area contributed by atoms with E-state index in [0.29, 0.717) is 29.5 Å². The number of aromatic nitrogens is 3. The van der Waals surface area contributed by atoms with Crippen LogP contribution in [0.4, 0.5) is 10.9 Å². The molecule has 0 aliphatic rings. The maximum atomic E-state index is 12.6. The molecule has 0 bridgehead atoms. The van der Waals surface area contributed by atoms with Gasteiger partial charge in [-0.05, 0) is 28.8 Å². The maximum absolute atomic E-state index is 12.6. The van der Waals surface area contributed by atoms with Gasteiger partial charge in [0.2, 0.25) is 5.91 Å². The van der Waals surface area contributed by atoms with Crippen molar-refractivity contribution in [1.82, 2.24) is 15.3 Å². The summed E-state index contributed by atoms with van der Waals surface area (Å²) in [6.07, 6.45) is 0.550. The molecule has 5 N–H and O–H groups in total. The number of nitrogens with two attached hydrogens (primary N) is 2. The summed E-state index contributed by atoms with van der Waals surface area (Å²) in [6.45, 7) is 0.414. The van der Waals surface area contributed by atoms with Gasteiger partial charge in [-0.3, -0.25) is 4.79 Å². The lowest BCUT2D eigenvalue weighted by Crippen LogP contribution is -2.23. The van der Waals surface area contributed by atoms with Crippen molar-refractivity contribution in [3.05, 3.63) is 41.3 Å². The standard InChI is InChI=1S/C15H16N6O2S/c16-7-6-10(9-4-2-1-3-5-9)14(22)19-15-18-11(8-24-15)12-13(17)21-23-20-12/h1-5,8,10H,6-7,16H2,(H2,17,21)(H,18,19,22). The minimum atomic E-state index is -0.331. The van der Waals surface area contributed by atoms with Crippen LogP contribution in [0.1, 0.15) is 17.9 Å². The summed E-state index contributed by atoms with van der Waals surface area (Å²) in [5.74, 6) is -0.329. The van der Waals surface area contributed by atoms with Crippen LogP contribution in [0.25, 0.3) is 11.4 Å². The van der Waals surface area contributed by atoms with Crippen molar-refractivity contribution in [3.8, 4) is 11.4 Å². The number of carbonyl (C=O) groups excluding carboxylic acids is 1. The predicted molar refractivity (Wildman–Crippen MR) is 91.3 cm³/mol. The van der Waals surface area contributed by atoms with E-state index < -0.39 is 0 Å². The molecule has 3 rings (SSSR count). The average molecular weight is 344 g/mol. The first-order valence-electron chi connectivity index (χ1n) is 7.29. The highest BCUT2D eigenvalue weighted by atomic mass is 32.1. The fraction of sp³-hybridized carbons (Fsp3) is 0.200. The number of hydrogen-bond acceptors (Lipinski definition) is 8. The van der Waals surface area contributed by atoms with Gasteiger partial charge >= 0.3 is 0 Å². The Bertz CT molecular complexity index is 816. The Morgan fingerprint density at radius 1 is 1.29 bits per heavy atom. The van der Waals surface area contributed by atoms with Crippen LogP contribution in [0, 0.1) is 0 Å². The summed E-state index contributed by atoms with van der Waals surface area (Å²) in [5.41, 5.74) is 13.1. The summed E-state index contributed by atoms with van der Waals surface area (Å²) >= 11 is 1.28. The van der Waals surface area contributed by atoms with Crippen molar-refractivity contribution in [2.75, 3.05) is 17.6 Å². The fourth-order valence-corrected chi connectivity index (χ4v) is 3.00. The van der Waals surface area contributed by atoms with Crippen molar-refractivity contribution in [2.45, 2.75) is 12.3 Å². The Morgan fingerprint density at radius 3 is 2.75 bits per heavy atom. The number of nitrogens with zero attached hydrogens (tertiary/aromatic N) is 3. The fourth-order valence-electron chi connectivity index (χ4n) is 2.31. The van der Waals surface area contributed by atoms with E-state index in [1.807, 2.05) is 30.3 Å². The van der Waals surface area contributed by atoms with Gasteiger partial charge in [0, 0.05) is 5.38 Å². The number of anilines is 2. The zero-order chi connectivity index (χ0) is 16.9. The number of nitrogen functional groups attached to an aromatic ring is 1. The second kappa shape index (κ2) is 7.20. The van der Waals surface area contributed by atoms with Crippen LogP contribution in [0.15, 0.2) is 40.3 Å². The molecule has 24 heavy (non-hydrogen) atoms. The molecule has 0 aliphatic heterocycles. The average Bonchev–Trinajstić information content (AvgIpc) is 3.22. The molecule has 8 nitrogen and oxygen atoms in total. The van der Waals surface area contributed by atoms with Crippen molar-refractivity contribution in [1.29, 1.82) is 0 Å². The molecule has 0 radical (unpaired) electrons.